The van der Waals surface area contributed by atoms with Crippen molar-refractivity contribution in [2.75, 3.05) is 18.1 Å². The van der Waals surface area contributed by atoms with Gasteiger partial charge in [0.25, 0.3) is 11.6 Å². The maximum absolute atomic E-state index is 14.2. The summed E-state index contributed by atoms with van der Waals surface area (Å²) < 4.78 is 12.4. The highest BCUT2D eigenvalue weighted by atomic mass is 32.1. The molecule has 1 unspecified atom stereocenters. The summed E-state index contributed by atoms with van der Waals surface area (Å²) in [6.07, 6.45) is 1.89. The fourth-order valence-corrected chi connectivity index (χ4v) is 5.35. The van der Waals surface area contributed by atoms with E-state index in [1.54, 1.807) is 4.90 Å². The summed E-state index contributed by atoms with van der Waals surface area (Å²) in [4.78, 5) is 25.4. The fraction of sp³-hybridized carbons (Fsp3) is 0.231. The van der Waals surface area contributed by atoms with Gasteiger partial charge in [0.15, 0.2) is 5.13 Å². The molecule has 1 saturated heterocycles. The van der Waals surface area contributed by atoms with Crippen molar-refractivity contribution in [3.63, 3.8) is 0 Å². The number of carbonyl (C=O) groups excluding carboxylic acids is 1. The minimum atomic E-state index is -0.162. The summed E-state index contributed by atoms with van der Waals surface area (Å²) in [6, 6.07) is 19.5. The van der Waals surface area contributed by atoms with Gasteiger partial charge in [-0.25, -0.2) is 9.97 Å². The molecule has 1 fully saturated rings. The number of thiazole rings is 1. The van der Waals surface area contributed by atoms with Gasteiger partial charge in [-0.3, -0.25) is 9.69 Å². The quantitative estimate of drug-likeness (QED) is 0.331. The first kappa shape index (κ1) is 20.9. The number of para-hydroxylation sites is 1. The van der Waals surface area contributed by atoms with Crippen LogP contribution in [0.15, 0.2) is 65.2 Å². The Hall–Kier alpha value is -3.62. The van der Waals surface area contributed by atoms with Crippen LogP contribution in [0.25, 0.3) is 32.6 Å². The number of hydrogen-bond acceptors (Lipinski definition) is 7. The number of fused-ring (bicyclic) bond motifs is 2. The lowest BCUT2D eigenvalue weighted by Gasteiger charge is -2.23. The molecule has 5 aromatic rings. The van der Waals surface area contributed by atoms with Crippen molar-refractivity contribution in [1.82, 2.24) is 15.1 Å². The van der Waals surface area contributed by atoms with Crippen LogP contribution in [-0.4, -0.2) is 40.3 Å². The second-order valence-corrected chi connectivity index (χ2v) is 9.39. The predicted octanol–water partition coefficient (Wildman–Crippen LogP) is 5.63. The molecular formula is C26H22N4O3S. The van der Waals surface area contributed by atoms with Crippen LogP contribution < -0.4 is 4.90 Å². The maximum atomic E-state index is 14.2. The number of pyridine rings is 1. The van der Waals surface area contributed by atoms with Crippen molar-refractivity contribution in [3.8, 4) is 11.3 Å². The molecule has 170 valence electrons. The molecule has 8 heteroatoms. The average Bonchev–Trinajstić information content (AvgIpc) is 3.62. The number of carbonyl (C=O) groups is 1. The lowest BCUT2D eigenvalue weighted by atomic mass is 10.0. The van der Waals surface area contributed by atoms with Crippen LogP contribution in [0.4, 0.5) is 5.13 Å². The third-order valence-corrected chi connectivity index (χ3v) is 7.15. The first-order valence-electron chi connectivity index (χ1n) is 11.3. The Bertz CT molecular complexity index is 1460. The number of benzene rings is 2. The smallest absolute Gasteiger partial charge is 0.261 e. The van der Waals surface area contributed by atoms with Crippen molar-refractivity contribution in [1.29, 1.82) is 0 Å². The van der Waals surface area contributed by atoms with E-state index >= 15 is 0 Å². The van der Waals surface area contributed by atoms with E-state index in [4.69, 9.17) is 14.2 Å². The minimum absolute atomic E-state index is 0.0227. The Balaban J connectivity index is 1.49. The number of rotatable bonds is 5. The van der Waals surface area contributed by atoms with Crippen LogP contribution in [0.1, 0.15) is 28.9 Å². The van der Waals surface area contributed by atoms with Gasteiger partial charge in [0.1, 0.15) is 0 Å². The van der Waals surface area contributed by atoms with Crippen molar-refractivity contribution in [3.05, 3.63) is 71.9 Å². The molecule has 0 spiro atoms. The summed E-state index contributed by atoms with van der Waals surface area (Å²) in [5.74, 6) is -0.162. The maximum Gasteiger partial charge on any atom is 0.261 e. The number of ether oxygens (including phenoxy) is 1. The van der Waals surface area contributed by atoms with E-state index in [0.717, 1.165) is 35.2 Å². The Labute approximate surface area is 200 Å². The van der Waals surface area contributed by atoms with E-state index in [0.29, 0.717) is 39.7 Å². The highest BCUT2D eigenvalue weighted by Gasteiger charge is 2.30. The molecule has 0 bridgehead atoms. The lowest BCUT2D eigenvalue weighted by Crippen LogP contribution is -2.37. The number of nitrogens with zero attached hydrogens (tertiary/aromatic N) is 4. The van der Waals surface area contributed by atoms with Crippen LogP contribution in [0.5, 0.6) is 0 Å². The lowest BCUT2D eigenvalue weighted by molar-refractivity contribution is 0.0918. The van der Waals surface area contributed by atoms with Crippen LogP contribution in [-0.2, 0) is 4.74 Å². The molecule has 0 N–H and O–H groups in total. The van der Waals surface area contributed by atoms with Crippen LogP contribution in [0.2, 0.25) is 0 Å². The largest absolute Gasteiger partial charge is 0.376 e. The van der Waals surface area contributed by atoms with Crippen molar-refractivity contribution >= 4 is 43.7 Å². The molecule has 3 aromatic heterocycles. The Morgan fingerprint density at radius 1 is 1.12 bits per heavy atom. The number of aromatic nitrogens is 3. The normalized spacial score (nSPS) is 15.9. The summed E-state index contributed by atoms with van der Waals surface area (Å²) in [5, 5.41) is 5.38. The Kier molecular flexibility index (Phi) is 5.31. The summed E-state index contributed by atoms with van der Waals surface area (Å²) in [7, 11) is 0. The highest BCUT2D eigenvalue weighted by molar-refractivity contribution is 7.22. The van der Waals surface area contributed by atoms with Crippen molar-refractivity contribution in [2.24, 2.45) is 0 Å². The zero-order valence-electron chi connectivity index (χ0n) is 18.6. The Morgan fingerprint density at radius 3 is 2.74 bits per heavy atom. The molecule has 0 radical (unpaired) electrons. The molecule has 34 heavy (non-hydrogen) atoms. The van der Waals surface area contributed by atoms with Gasteiger partial charge in [0.2, 0.25) is 0 Å². The average molecular weight is 471 g/mol. The van der Waals surface area contributed by atoms with Crippen molar-refractivity contribution < 1.29 is 14.1 Å². The zero-order chi connectivity index (χ0) is 23.1. The van der Waals surface area contributed by atoms with E-state index in [-0.39, 0.29) is 12.0 Å². The molecule has 1 aliphatic rings. The molecule has 2 aromatic carbocycles. The Morgan fingerprint density at radius 2 is 1.94 bits per heavy atom. The summed E-state index contributed by atoms with van der Waals surface area (Å²) >= 11 is 1.51. The van der Waals surface area contributed by atoms with Gasteiger partial charge in [0.05, 0.1) is 45.2 Å². The SMILES string of the molecule is Cc1noc2nc(-c3ccccc3)cc(C(=O)N(CC3CCCO3)c3nc4ccccc4s3)c12. The standard InChI is InChI=1S/C26H22N4O3S/c1-16-23-19(14-21(27-24(23)33-29-16)17-8-3-2-4-9-17)25(31)30(15-18-10-7-13-32-18)26-28-20-11-5-6-12-22(20)34-26/h2-6,8-9,11-12,14,18H,7,10,13,15H2,1H3. The zero-order valence-corrected chi connectivity index (χ0v) is 19.4. The van der Waals surface area contributed by atoms with Crippen LogP contribution in [0, 0.1) is 6.92 Å². The highest BCUT2D eigenvalue weighted by Crippen LogP contribution is 2.33. The molecule has 6 rings (SSSR count). The molecule has 7 nitrogen and oxygen atoms in total. The van der Waals surface area contributed by atoms with Gasteiger partial charge in [-0.05, 0) is 38.0 Å². The van der Waals surface area contributed by atoms with Gasteiger partial charge in [-0.1, -0.05) is 59.0 Å². The molecule has 4 heterocycles. The van der Waals surface area contributed by atoms with E-state index < -0.39 is 0 Å². The van der Waals surface area contributed by atoms with Crippen LogP contribution in [0.3, 0.4) is 0 Å². The van der Waals surface area contributed by atoms with E-state index in [9.17, 15) is 4.79 Å². The fourth-order valence-electron chi connectivity index (χ4n) is 4.38. The van der Waals surface area contributed by atoms with Gasteiger partial charge in [0, 0.05) is 12.2 Å². The second kappa shape index (κ2) is 8.62. The molecular weight excluding hydrogens is 448 g/mol. The molecule has 1 aliphatic heterocycles. The first-order valence-corrected chi connectivity index (χ1v) is 12.1. The number of amides is 1. The predicted molar refractivity (Wildman–Crippen MR) is 132 cm³/mol. The van der Waals surface area contributed by atoms with E-state index in [1.807, 2.05) is 67.6 Å². The van der Waals surface area contributed by atoms with Gasteiger partial charge >= 0.3 is 0 Å². The molecule has 0 saturated carbocycles. The third-order valence-electron chi connectivity index (χ3n) is 6.09. The summed E-state index contributed by atoms with van der Waals surface area (Å²) in [6.45, 7) is 2.98. The molecule has 1 amide bonds. The topological polar surface area (TPSA) is 81.4 Å². The first-order chi connectivity index (χ1) is 16.7. The van der Waals surface area contributed by atoms with Crippen LogP contribution >= 0.6 is 11.3 Å². The van der Waals surface area contributed by atoms with E-state index in [2.05, 4.69) is 10.1 Å². The van der Waals surface area contributed by atoms with E-state index in [1.165, 1.54) is 11.3 Å². The second-order valence-electron chi connectivity index (χ2n) is 8.38. The van der Waals surface area contributed by atoms with Gasteiger partial charge < -0.3 is 9.26 Å². The monoisotopic (exact) mass is 470 g/mol. The van der Waals surface area contributed by atoms with Crippen molar-refractivity contribution in [2.45, 2.75) is 25.9 Å². The summed E-state index contributed by atoms with van der Waals surface area (Å²) in [5.41, 5.74) is 3.92. The van der Waals surface area contributed by atoms with Gasteiger partial charge in [-0.15, -0.1) is 0 Å². The third kappa shape index (κ3) is 3.74. The van der Waals surface area contributed by atoms with Gasteiger partial charge in [-0.2, -0.15) is 0 Å². The molecule has 0 aliphatic carbocycles. The number of hydrogen-bond donors (Lipinski definition) is 0. The number of aryl methyl sites for hydroxylation is 1. The minimum Gasteiger partial charge on any atom is -0.376 e. The number of anilines is 1. The molecule has 1 atom stereocenters.